The van der Waals surface area contributed by atoms with Crippen molar-refractivity contribution >= 4 is 38.1 Å². The van der Waals surface area contributed by atoms with Gasteiger partial charge >= 0.3 is 0 Å². The van der Waals surface area contributed by atoms with Gasteiger partial charge in [0.2, 0.25) is 10.0 Å². The number of thiazole rings is 1. The predicted octanol–water partition coefficient (Wildman–Crippen LogP) is 2.53. The Balaban J connectivity index is 1.71. The molecule has 1 amide bonds. The van der Waals surface area contributed by atoms with Crippen molar-refractivity contribution in [3.8, 4) is 11.3 Å². The number of nitrogens with zero attached hydrogens (tertiary/aromatic N) is 3. The van der Waals surface area contributed by atoms with Crippen LogP contribution in [0.25, 0.3) is 11.3 Å². The van der Waals surface area contributed by atoms with Crippen molar-refractivity contribution in [2.45, 2.75) is 6.92 Å². The lowest BCUT2D eigenvalue weighted by atomic mass is 10.1. The van der Waals surface area contributed by atoms with E-state index in [0.717, 1.165) is 17.5 Å². The van der Waals surface area contributed by atoms with Crippen molar-refractivity contribution < 1.29 is 13.2 Å². The van der Waals surface area contributed by atoms with E-state index in [0.29, 0.717) is 16.5 Å². The molecule has 0 aliphatic rings. The van der Waals surface area contributed by atoms with E-state index in [1.807, 2.05) is 0 Å². The van der Waals surface area contributed by atoms with Gasteiger partial charge in [-0.15, -0.1) is 11.3 Å². The molecule has 0 atom stereocenters. The van der Waals surface area contributed by atoms with Crippen LogP contribution in [0.1, 0.15) is 16.2 Å². The van der Waals surface area contributed by atoms with E-state index in [4.69, 9.17) is 0 Å². The molecule has 2 heterocycles. The van der Waals surface area contributed by atoms with E-state index in [1.54, 1.807) is 36.6 Å². The summed E-state index contributed by atoms with van der Waals surface area (Å²) in [6.07, 6.45) is 4.02. The van der Waals surface area contributed by atoms with Crippen molar-refractivity contribution in [2.24, 2.45) is 0 Å². The average Bonchev–Trinajstić information content (AvgIpc) is 3.03. The summed E-state index contributed by atoms with van der Waals surface area (Å²) < 4.78 is 24.8. The Kier molecular flexibility index (Phi) is 4.96. The molecular formula is C16H15N5O3S2. The highest BCUT2D eigenvalue weighted by molar-refractivity contribution is 7.92. The van der Waals surface area contributed by atoms with Crippen LogP contribution in [0.2, 0.25) is 0 Å². The van der Waals surface area contributed by atoms with Gasteiger partial charge < -0.3 is 0 Å². The van der Waals surface area contributed by atoms with Crippen LogP contribution in [0.15, 0.2) is 42.0 Å². The third kappa shape index (κ3) is 4.61. The molecule has 1 aromatic carbocycles. The molecule has 0 saturated heterocycles. The molecule has 0 saturated carbocycles. The van der Waals surface area contributed by atoms with Crippen molar-refractivity contribution in [3.63, 3.8) is 0 Å². The molecule has 0 unspecified atom stereocenters. The van der Waals surface area contributed by atoms with Crippen LogP contribution >= 0.6 is 11.3 Å². The quantitative estimate of drug-likeness (QED) is 0.693. The van der Waals surface area contributed by atoms with Crippen LogP contribution in [-0.2, 0) is 10.0 Å². The van der Waals surface area contributed by atoms with E-state index in [9.17, 15) is 13.2 Å². The number of carbonyl (C=O) groups is 1. The first kappa shape index (κ1) is 18.0. The van der Waals surface area contributed by atoms with Gasteiger partial charge in [-0.25, -0.2) is 18.4 Å². The van der Waals surface area contributed by atoms with E-state index in [1.165, 1.54) is 23.7 Å². The minimum absolute atomic E-state index is 0.212. The molecule has 0 aliphatic heterocycles. The highest BCUT2D eigenvalue weighted by Crippen LogP contribution is 2.26. The topological polar surface area (TPSA) is 114 Å². The second-order valence-electron chi connectivity index (χ2n) is 5.49. The van der Waals surface area contributed by atoms with E-state index < -0.39 is 10.0 Å². The lowest BCUT2D eigenvalue weighted by Crippen LogP contribution is -2.13. The number of nitrogens with one attached hydrogen (secondary N) is 2. The van der Waals surface area contributed by atoms with Gasteiger partial charge in [-0.2, -0.15) is 0 Å². The van der Waals surface area contributed by atoms with Crippen molar-refractivity contribution in [3.05, 3.63) is 53.4 Å². The van der Waals surface area contributed by atoms with Crippen molar-refractivity contribution in [2.75, 3.05) is 16.3 Å². The summed E-state index contributed by atoms with van der Waals surface area (Å²) in [5.41, 5.74) is 2.88. The number of sulfonamides is 1. The van der Waals surface area contributed by atoms with Crippen LogP contribution < -0.4 is 10.0 Å². The third-order valence-corrected chi connectivity index (χ3v) is 4.59. The van der Waals surface area contributed by atoms with E-state index in [2.05, 4.69) is 25.0 Å². The number of benzene rings is 1. The normalized spacial score (nSPS) is 11.2. The highest BCUT2D eigenvalue weighted by atomic mass is 32.2. The molecule has 2 N–H and O–H groups in total. The van der Waals surface area contributed by atoms with Crippen LogP contribution in [0.4, 0.5) is 10.8 Å². The van der Waals surface area contributed by atoms with E-state index in [-0.39, 0.29) is 11.6 Å². The molecule has 2 aromatic heterocycles. The summed E-state index contributed by atoms with van der Waals surface area (Å²) in [5.74, 6) is -0.383. The number of carbonyl (C=O) groups excluding carboxylic acids is 1. The smallest absolute Gasteiger partial charge is 0.277 e. The first-order chi connectivity index (χ1) is 12.3. The molecule has 26 heavy (non-hydrogen) atoms. The maximum absolute atomic E-state index is 12.1. The van der Waals surface area contributed by atoms with Gasteiger partial charge in [0.1, 0.15) is 5.69 Å². The fourth-order valence-corrected chi connectivity index (χ4v) is 3.34. The van der Waals surface area contributed by atoms with Crippen molar-refractivity contribution in [1.29, 1.82) is 0 Å². The summed E-state index contributed by atoms with van der Waals surface area (Å²) in [7, 11) is -3.32. The van der Waals surface area contributed by atoms with Crippen LogP contribution in [-0.4, -0.2) is 35.5 Å². The zero-order valence-electron chi connectivity index (χ0n) is 13.9. The van der Waals surface area contributed by atoms with Gasteiger partial charge in [-0.1, -0.05) is 12.1 Å². The molecular weight excluding hydrogens is 374 g/mol. The molecule has 0 fully saturated rings. The lowest BCUT2D eigenvalue weighted by molar-refractivity contribution is 0.102. The van der Waals surface area contributed by atoms with Crippen molar-refractivity contribution in [1.82, 2.24) is 15.0 Å². The SMILES string of the molecule is Cc1cnc(C(=O)Nc2nc(-c3ccc(NS(C)(=O)=O)cc3)cs2)cn1. The summed E-state index contributed by atoms with van der Waals surface area (Å²) in [5, 5.41) is 4.92. The van der Waals surface area contributed by atoms with E-state index >= 15 is 0 Å². The monoisotopic (exact) mass is 389 g/mol. The zero-order valence-corrected chi connectivity index (χ0v) is 15.6. The van der Waals surface area contributed by atoms with Gasteiger partial charge in [-0.05, 0) is 19.1 Å². The number of anilines is 2. The number of rotatable bonds is 5. The van der Waals surface area contributed by atoms with Gasteiger partial charge in [-0.3, -0.25) is 19.8 Å². The fraction of sp³-hybridized carbons (Fsp3) is 0.125. The number of aromatic nitrogens is 3. The Bertz CT molecular complexity index is 1030. The Morgan fingerprint density at radius 1 is 1.12 bits per heavy atom. The van der Waals surface area contributed by atoms with Gasteiger partial charge in [0.05, 0.1) is 23.8 Å². The summed E-state index contributed by atoms with van der Waals surface area (Å²) in [6, 6.07) is 6.80. The molecule has 3 aromatic rings. The van der Waals surface area contributed by atoms with Gasteiger partial charge in [0, 0.05) is 22.8 Å². The molecule has 0 spiro atoms. The summed E-state index contributed by atoms with van der Waals surface area (Å²) >= 11 is 1.28. The largest absolute Gasteiger partial charge is 0.296 e. The first-order valence-corrected chi connectivity index (χ1v) is 10.2. The maximum atomic E-state index is 12.1. The Labute approximate surface area is 154 Å². The van der Waals surface area contributed by atoms with Crippen LogP contribution in [0.5, 0.6) is 0 Å². The summed E-state index contributed by atoms with van der Waals surface area (Å²) in [4.78, 5) is 24.6. The fourth-order valence-electron chi connectivity index (χ4n) is 2.06. The maximum Gasteiger partial charge on any atom is 0.277 e. The highest BCUT2D eigenvalue weighted by Gasteiger charge is 2.12. The lowest BCUT2D eigenvalue weighted by Gasteiger charge is -2.04. The first-order valence-electron chi connectivity index (χ1n) is 7.44. The molecule has 0 aliphatic carbocycles. The zero-order chi connectivity index (χ0) is 18.7. The second-order valence-corrected chi connectivity index (χ2v) is 8.09. The number of hydrogen-bond donors (Lipinski definition) is 2. The molecule has 134 valence electrons. The average molecular weight is 389 g/mol. The Morgan fingerprint density at radius 2 is 1.85 bits per heavy atom. The Morgan fingerprint density at radius 3 is 2.46 bits per heavy atom. The minimum Gasteiger partial charge on any atom is -0.296 e. The van der Waals surface area contributed by atoms with Crippen LogP contribution in [0.3, 0.4) is 0 Å². The number of aryl methyl sites for hydroxylation is 1. The van der Waals surface area contributed by atoms with Gasteiger partial charge in [0.25, 0.3) is 5.91 Å². The third-order valence-electron chi connectivity index (χ3n) is 3.22. The molecule has 3 rings (SSSR count). The van der Waals surface area contributed by atoms with Gasteiger partial charge in [0.15, 0.2) is 5.13 Å². The predicted molar refractivity (Wildman–Crippen MR) is 101 cm³/mol. The number of amides is 1. The minimum atomic E-state index is -3.32. The second kappa shape index (κ2) is 7.18. The Hall–Kier alpha value is -2.85. The van der Waals surface area contributed by atoms with Crippen LogP contribution in [0, 0.1) is 6.92 Å². The molecule has 0 bridgehead atoms. The molecule has 0 radical (unpaired) electrons. The number of hydrogen-bond acceptors (Lipinski definition) is 7. The molecule has 10 heteroatoms. The summed E-state index contributed by atoms with van der Waals surface area (Å²) in [6.45, 7) is 1.79. The molecule has 8 nitrogen and oxygen atoms in total. The standard InChI is InChI=1S/C16H15N5O3S2/c1-10-7-18-13(8-17-10)15(22)20-16-19-14(9-25-16)11-3-5-12(6-4-11)21-26(2,23)24/h3-9,21H,1-2H3,(H,19,20,22).